The number of hydrogen-bond donors (Lipinski definition) is 2. The Bertz CT molecular complexity index is 391. The summed E-state index contributed by atoms with van der Waals surface area (Å²) in [6.45, 7) is 7.42. The van der Waals surface area contributed by atoms with Gasteiger partial charge in [0.2, 0.25) is 5.91 Å². The van der Waals surface area contributed by atoms with Gasteiger partial charge in [0.15, 0.2) is 0 Å². The molecular formula is C15H27N3O2. The van der Waals surface area contributed by atoms with Gasteiger partial charge in [0.1, 0.15) is 5.54 Å². The van der Waals surface area contributed by atoms with Crippen LogP contribution in [0.2, 0.25) is 0 Å². The number of morpholine rings is 1. The number of ether oxygens (including phenoxy) is 1. The Balaban J connectivity index is 1.79. The fraction of sp³-hybridized carbons (Fsp3) is 0.933. The molecule has 20 heavy (non-hydrogen) atoms. The molecular weight excluding hydrogens is 254 g/mol. The SMILES string of the molecule is CC1(C)COCCN1CC(NC1CC1)(C(N)=O)C1CC1. The Hall–Kier alpha value is -0.650. The van der Waals surface area contributed by atoms with Crippen LogP contribution in [0.1, 0.15) is 39.5 Å². The predicted octanol–water partition coefficient (Wildman–Crippen LogP) is 0.483. The van der Waals surface area contributed by atoms with Gasteiger partial charge < -0.3 is 10.5 Å². The second kappa shape index (κ2) is 4.97. The molecule has 0 radical (unpaired) electrons. The molecule has 3 fully saturated rings. The highest BCUT2D eigenvalue weighted by molar-refractivity contribution is 5.86. The maximum atomic E-state index is 12.3. The molecule has 3 rings (SSSR count). The zero-order valence-electron chi connectivity index (χ0n) is 12.7. The highest BCUT2D eigenvalue weighted by Crippen LogP contribution is 2.43. The molecule has 1 unspecified atom stereocenters. The summed E-state index contributed by atoms with van der Waals surface area (Å²) in [5.74, 6) is 0.244. The minimum absolute atomic E-state index is 0.0287. The number of nitrogens with one attached hydrogen (secondary N) is 1. The van der Waals surface area contributed by atoms with E-state index in [9.17, 15) is 4.79 Å². The van der Waals surface area contributed by atoms with Crippen molar-refractivity contribution >= 4 is 5.91 Å². The molecule has 0 aromatic heterocycles. The predicted molar refractivity (Wildman–Crippen MR) is 77.3 cm³/mol. The number of primary amides is 1. The van der Waals surface area contributed by atoms with E-state index in [1.165, 1.54) is 12.8 Å². The average Bonchev–Trinajstić information content (AvgIpc) is 3.24. The maximum Gasteiger partial charge on any atom is 0.239 e. The lowest BCUT2D eigenvalue weighted by Gasteiger charge is -2.47. The first-order valence-electron chi connectivity index (χ1n) is 7.84. The van der Waals surface area contributed by atoms with E-state index in [1.807, 2.05) is 0 Å². The molecule has 0 aromatic carbocycles. The van der Waals surface area contributed by atoms with Crippen molar-refractivity contribution in [3.63, 3.8) is 0 Å². The molecule has 0 bridgehead atoms. The summed E-state index contributed by atoms with van der Waals surface area (Å²) in [6, 6.07) is 0.493. The topological polar surface area (TPSA) is 67.6 Å². The average molecular weight is 281 g/mol. The van der Waals surface area contributed by atoms with Gasteiger partial charge in [-0.05, 0) is 45.4 Å². The van der Waals surface area contributed by atoms with Crippen LogP contribution in [0.25, 0.3) is 0 Å². The van der Waals surface area contributed by atoms with E-state index in [4.69, 9.17) is 10.5 Å². The highest BCUT2D eigenvalue weighted by atomic mass is 16.5. The standard InChI is InChI=1S/C15H27N3O2/c1-14(2)10-20-8-7-18(14)9-15(13(16)19,11-3-4-11)17-12-5-6-12/h11-12,17H,3-10H2,1-2H3,(H2,16,19). The third kappa shape index (κ3) is 2.71. The summed E-state index contributed by atoms with van der Waals surface area (Å²) < 4.78 is 5.58. The summed E-state index contributed by atoms with van der Waals surface area (Å²) in [6.07, 6.45) is 4.59. The summed E-state index contributed by atoms with van der Waals surface area (Å²) >= 11 is 0. The molecule has 1 heterocycles. The lowest BCUT2D eigenvalue weighted by Crippen LogP contribution is -2.67. The Morgan fingerprint density at radius 3 is 2.60 bits per heavy atom. The van der Waals surface area contributed by atoms with Crippen LogP contribution in [-0.4, -0.2) is 54.2 Å². The van der Waals surface area contributed by atoms with Gasteiger partial charge in [0.05, 0.1) is 13.2 Å². The Labute approximate surface area is 121 Å². The van der Waals surface area contributed by atoms with Crippen LogP contribution in [0.5, 0.6) is 0 Å². The molecule has 0 spiro atoms. The number of rotatable bonds is 6. The van der Waals surface area contributed by atoms with Crippen molar-refractivity contribution in [3.8, 4) is 0 Å². The number of carbonyl (C=O) groups excluding carboxylic acids is 1. The summed E-state index contributed by atoms with van der Waals surface area (Å²) in [4.78, 5) is 14.6. The van der Waals surface area contributed by atoms with E-state index in [2.05, 4.69) is 24.1 Å². The number of nitrogens with two attached hydrogens (primary N) is 1. The molecule has 3 aliphatic rings. The second-order valence-electron chi connectivity index (χ2n) is 7.32. The molecule has 2 saturated carbocycles. The normalized spacial score (nSPS) is 29.9. The van der Waals surface area contributed by atoms with Gasteiger partial charge in [0.25, 0.3) is 0 Å². The van der Waals surface area contributed by atoms with E-state index in [-0.39, 0.29) is 11.4 Å². The molecule has 3 N–H and O–H groups in total. The molecule has 1 aliphatic heterocycles. The Morgan fingerprint density at radius 2 is 2.10 bits per heavy atom. The van der Waals surface area contributed by atoms with Crippen LogP contribution in [0.3, 0.4) is 0 Å². The van der Waals surface area contributed by atoms with Crippen molar-refractivity contribution in [2.75, 3.05) is 26.3 Å². The Morgan fingerprint density at radius 1 is 1.40 bits per heavy atom. The van der Waals surface area contributed by atoms with E-state index >= 15 is 0 Å². The number of nitrogens with zero attached hydrogens (tertiary/aromatic N) is 1. The fourth-order valence-corrected chi connectivity index (χ4v) is 3.30. The summed E-state index contributed by atoms with van der Waals surface area (Å²) in [5, 5.41) is 3.59. The van der Waals surface area contributed by atoms with Crippen LogP contribution < -0.4 is 11.1 Å². The van der Waals surface area contributed by atoms with E-state index in [1.54, 1.807) is 0 Å². The molecule has 5 heteroatoms. The van der Waals surface area contributed by atoms with Crippen molar-refractivity contribution in [2.45, 2.75) is 56.7 Å². The molecule has 0 aromatic rings. The number of amides is 1. The molecule has 2 aliphatic carbocycles. The fourth-order valence-electron chi connectivity index (χ4n) is 3.30. The van der Waals surface area contributed by atoms with Crippen LogP contribution in [0, 0.1) is 5.92 Å². The second-order valence-corrected chi connectivity index (χ2v) is 7.32. The van der Waals surface area contributed by atoms with Gasteiger partial charge in [-0.2, -0.15) is 0 Å². The van der Waals surface area contributed by atoms with Gasteiger partial charge in [-0.1, -0.05) is 0 Å². The largest absolute Gasteiger partial charge is 0.378 e. The quantitative estimate of drug-likeness (QED) is 0.743. The van der Waals surface area contributed by atoms with Crippen LogP contribution in [0.15, 0.2) is 0 Å². The zero-order chi connectivity index (χ0) is 14.4. The minimum atomic E-state index is -0.532. The minimum Gasteiger partial charge on any atom is -0.378 e. The first-order chi connectivity index (χ1) is 9.44. The van der Waals surface area contributed by atoms with Gasteiger partial charge in [-0.25, -0.2) is 0 Å². The zero-order valence-corrected chi connectivity index (χ0v) is 12.7. The number of carbonyl (C=O) groups is 1. The molecule has 1 saturated heterocycles. The van der Waals surface area contributed by atoms with Gasteiger partial charge in [0, 0.05) is 24.7 Å². The number of hydrogen-bond acceptors (Lipinski definition) is 4. The van der Waals surface area contributed by atoms with Crippen molar-refractivity contribution < 1.29 is 9.53 Å². The third-order valence-corrected chi connectivity index (χ3v) is 5.01. The molecule has 114 valence electrons. The summed E-state index contributed by atoms with van der Waals surface area (Å²) in [7, 11) is 0. The van der Waals surface area contributed by atoms with Crippen molar-refractivity contribution in [3.05, 3.63) is 0 Å². The third-order valence-electron chi connectivity index (χ3n) is 5.01. The van der Waals surface area contributed by atoms with Gasteiger partial charge >= 0.3 is 0 Å². The monoisotopic (exact) mass is 281 g/mol. The van der Waals surface area contributed by atoms with E-state index < -0.39 is 5.54 Å². The molecule has 1 amide bonds. The first kappa shape index (κ1) is 14.3. The smallest absolute Gasteiger partial charge is 0.239 e. The first-order valence-corrected chi connectivity index (χ1v) is 7.84. The van der Waals surface area contributed by atoms with E-state index in [0.29, 0.717) is 12.0 Å². The van der Waals surface area contributed by atoms with Gasteiger partial charge in [-0.15, -0.1) is 0 Å². The van der Waals surface area contributed by atoms with Crippen molar-refractivity contribution in [2.24, 2.45) is 11.7 Å². The molecule has 1 atom stereocenters. The van der Waals surface area contributed by atoms with Crippen LogP contribution >= 0.6 is 0 Å². The van der Waals surface area contributed by atoms with Crippen molar-refractivity contribution in [1.29, 1.82) is 0 Å². The van der Waals surface area contributed by atoms with Gasteiger partial charge in [-0.3, -0.25) is 15.0 Å². The maximum absolute atomic E-state index is 12.3. The summed E-state index contributed by atoms with van der Waals surface area (Å²) in [5.41, 5.74) is 5.27. The lowest BCUT2D eigenvalue weighted by molar-refractivity contribution is -0.129. The van der Waals surface area contributed by atoms with E-state index in [0.717, 1.165) is 39.1 Å². The highest BCUT2D eigenvalue weighted by Gasteiger charge is 2.53. The van der Waals surface area contributed by atoms with Crippen LogP contribution in [0.4, 0.5) is 0 Å². The lowest BCUT2D eigenvalue weighted by atomic mass is 9.88. The van der Waals surface area contributed by atoms with Crippen molar-refractivity contribution in [1.82, 2.24) is 10.2 Å². The Kier molecular flexibility index (Phi) is 3.55. The van der Waals surface area contributed by atoms with Crippen LogP contribution in [-0.2, 0) is 9.53 Å². The molecule has 5 nitrogen and oxygen atoms in total.